The smallest absolute Gasteiger partial charge is 0.343 e. The number of rotatable bonds is 3. The molecule has 6 nitrogen and oxygen atoms in total. The minimum absolute atomic E-state index is 0.0157. The number of carbonyl (C=O) groups is 1. The molecule has 0 N–H and O–H groups in total. The number of hydrogen-bond acceptors (Lipinski definition) is 6. The SMILES string of the molecule is O=Nc1ccc(C(=O)OCl)cc1N=O. The second kappa shape index (κ2) is 4.43. The molecule has 0 spiro atoms. The van der Waals surface area contributed by atoms with Crippen molar-refractivity contribution in [1.82, 2.24) is 0 Å². The molecule has 0 radical (unpaired) electrons. The van der Waals surface area contributed by atoms with E-state index >= 15 is 0 Å². The zero-order chi connectivity index (χ0) is 10.6. The monoisotopic (exact) mass is 214 g/mol. The maximum atomic E-state index is 10.9. The number of carbonyl (C=O) groups excluding carboxylic acids is 1. The van der Waals surface area contributed by atoms with Gasteiger partial charge in [-0.2, -0.15) is 0 Å². The molecule has 0 atom stereocenters. The van der Waals surface area contributed by atoms with Crippen molar-refractivity contribution < 1.29 is 9.08 Å². The van der Waals surface area contributed by atoms with Gasteiger partial charge in [0.2, 0.25) is 0 Å². The van der Waals surface area contributed by atoms with Gasteiger partial charge in [-0.3, -0.25) is 0 Å². The van der Waals surface area contributed by atoms with E-state index in [2.05, 4.69) is 14.6 Å². The lowest BCUT2D eigenvalue weighted by atomic mass is 10.2. The summed E-state index contributed by atoms with van der Waals surface area (Å²) in [6, 6.07) is 3.48. The highest BCUT2D eigenvalue weighted by Crippen LogP contribution is 2.28. The lowest BCUT2D eigenvalue weighted by Crippen LogP contribution is -1.96. The average molecular weight is 215 g/mol. The van der Waals surface area contributed by atoms with Crippen LogP contribution >= 0.6 is 11.9 Å². The summed E-state index contributed by atoms with van der Waals surface area (Å²) in [6.45, 7) is 0. The molecule has 1 rings (SSSR count). The quantitative estimate of drug-likeness (QED) is 0.724. The summed E-state index contributed by atoms with van der Waals surface area (Å²) >= 11 is 4.81. The molecule has 0 amide bonds. The highest BCUT2D eigenvalue weighted by molar-refractivity contribution is 6.15. The first-order chi connectivity index (χ1) is 6.72. The Morgan fingerprint density at radius 1 is 1.21 bits per heavy atom. The van der Waals surface area contributed by atoms with Crippen LogP contribution in [-0.4, -0.2) is 5.97 Å². The molecule has 1 aromatic carbocycles. The standard InChI is InChI=1S/C7H3ClN2O4/c8-14-7(11)4-1-2-5(9-12)6(3-4)10-13/h1-3H. The molecule has 0 saturated carbocycles. The van der Waals surface area contributed by atoms with Crippen molar-refractivity contribution in [3.63, 3.8) is 0 Å². The highest BCUT2D eigenvalue weighted by atomic mass is 35.5. The van der Waals surface area contributed by atoms with Gasteiger partial charge in [0.25, 0.3) is 0 Å². The summed E-state index contributed by atoms with van der Waals surface area (Å²) < 4.78 is 3.89. The lowest BCUT2D eigenvalue weighted by Gasteiger charge is -1.97. The molecule has 0 aromatic heterocycles. The predicted molar refractivity (Wildman–Crippen MR) is 48.6 cm³/mol. The van der Waals surface area contributed by atoms with Crippen molar-refractivity contribution in [2.75, 3.05) is 0 Å². The van der Waals surface area contributed by atoms with Crippen LogP contribution in [-0.2, 0) is 4.29 Å². The van der Waals surface area contributed by atoms with Gasteiger partial charge in [0, 0.05) is 0 Å². The van der Waals surface area contributed by atoms with Crippen LogP contribution in [0.15, 0.2) is 28.6 Å². The van der Waals surface area contributed by atoms with Crippen molar-refractivity contribution in [2.24, 2.45) is 10.4 Å². The van der Waals surface area contributed by atoms with Gasteiger partial charge in [-0.15, -0.1) is 9.81 Å². The molecule has 0 fully saturated rings. The van der Waals surface area contributed by atoms with Crippen LogP contribution in [0.1, 0.15) is 10.4 Å². The molecule has 7 heteroatoms. The van der Waals surface area contributed by atoms with Crippen LogP contribution in [0.4, 0.5) is 11.4 Å². The van der Waals surface area contributed by atoms with Crippen LogP contribution in [0.25, 0.3) is 0 Å². The van der Waals surface area contributed by atoms with E-state index in [4.69, 9.17) is 11.9 Å². The zero-order valence-electron chi connectivity index (χ0n) is 6.64. The topological polar surface area (TPSA) is 85.2 Å². The summed E-state index contributed by atoms with van der Waals surface area (Å²) in [4.78, 5) is 31.2. The first kappa shape index (κ1) is 10.3. The normalized spacial score (nSPS) is 9.21. The average Bonchev–Trinajstić information content (AvgIpc) is 2.26. The van der Waals surface area contributed by atoms with Gasteiger partial charge in [0.15, 0.2) is 0 Å². The first-order valence-electron chi connectivity index (χ1n) is 3.36. The second-order valence-electron chi connectivity index (χ2n) is 2.25. The predicted octanol–water partition coefficient (Wildman–Crippen LogP) is 2.79. The summed E-state index contributed by atoms with van der Waals surface area (Å²) in [5.41, 5.74) is -0.368. The van der Waals surface area contributed by atoms with E-state index < -0.39 is 5.97 Å². The van der Waals surface area contributed by atoms with E-state index in [1.165, 1.54) is 12.1 Å². The lowest BCUT2D eigenvalue weighted by molar-refractivity contribution is 0.0751. The Balaban J connectivity index is 3.20. The van der Waals surface area contributed by atoms with Crippen molar-refractivity contribution >= 4 is 29.2 Å². The Hall–Kier alpha value is -1.82. The highest BCUT2D eigenvalue weighted by Gasteiger charge is 2.11. The van der Waals surface area contributed by atoms with E-state index in [0.717, 1.165) is 6.07 Å². The van der Waals surface area contributed by atoms with Crippen LogP contribution in [0.2, 0.25) is 0 Å². The number of benzene rings is 1. The molecule has 0 aliphatic heterocycles. The molecule has 0 saturated heterocycles. The molecule has 0 aliphatic carbocycles. The van der Waals surface area contributed by atoms with Gasteiger partial charge in [0.1, 0.15) is 23.2 Å². The van der Waals surface area contributed by atoms with Crippen LogP contribution in [0.3, 0.4) is 0 Å². The number of nitroso groups, excluding NO2 is 2. The van der Waals surface area contributed by atoms with E-state index in [9.17, 15) is 14.6 Å². The molecule has 72 valence electrons. The van der Waals surface area contributed by atoms with E-state index in [1.807, 2.05) is 0 Å². The van der Waals surface area contributed by atoms with Gasteiger partial charge in [-0.25, -0.2) is 4.79 Å². The Labute approximate surface area is 82.9 Å². The maximum Gasteiger partial charge on any atom is 0.356 e. The fourth-order valence-corrected chi connectivity index (χ4v) is 0.934. The van der Waals surface area contributed by atoms with E-state index in [0.29, 0.717) is 0 Å². The van der Waals surface area contributed by atoms with Crippen LogP contribution in [0.5, 0.6) is 0 Å². The molecule has 0 heterocycles. The third-order valence-electron chi connectivity index (χ3n) is 1.48. The number of hydrogen-bond donors (Lipinski definition) is 0. The number of halogens is 1. The van der Waals surface area contributed by atoms with Crippen molar-refractivity contribution in [3.8, 4) is 0 Å². The molecule has 0 unspecified atom stereocenters. The zero-order valence-corrected chi connectivity index (χ0v) is 7.39. The molecule has 14 heavy (non-hydrogen) atoms. The van der Waals surface area contributed by atoms with Crippen LogP contribution in [0, 0.1) is 9.81 Å². The Morgan fingerprint density at radius 3 is 2.36 bits per heavy atom. The minimum Gasteiger partial charge on any atom is -0.343 e. The van der Waals surface area contributed by atoms with Crippen molar-refractivity contribution in [3.05, 3.63) is 33.6 Å². The van der Waals surface area contributed by atoms with Gasteiger partial charge in [-0.1, -0.05) is 0 Å². The summed E-state index contributed by atoms with van der Waals surface area (Å²) in [7, 11) is 0. The Bertz CT molecular complexity index is 393. The third-order valence-corrected chi connectivity index (χ3v) is 1.62. The Kier molecular flexibility index (Phi) is 3.24. The van der Waals surface area contributed by atoms with Gasteiger partial charge in [-0.05, 0) is 28.6 Å². The second-order valence-corrected chi connectivity index (χ2v) is 2.40. The molecule has 0 aliphatic rings. The molecule has 1 aromatic rings. The summed E-state index contributed by atoms with van der Waals surface area (Å²) in [6.07, 6.45) is 0. The Morgan fingerprint density at radius 2 is 1.86 bits per heavy atom. The van der Waals surface area contributed by atoms with Gasteiger partial charge in [0.05, 0.1) is 5.56 Å². The minimum atomic E-state index is -0.839. The fourth-order valence-electron chi connectivity index (χ4n) is 0.845. The van der Waals surface area contributed by atoms with Gasteiger partial charge >= 0.3 is 5.97 Å². The fraction of sp³-hybridized carbons (Fsp3) is 0. The number of nitrogens with zero attached hydrogens (tertiary/aromatic N) is 2. The maximum absolute atomic E-state index is 10.9. The van der Waals surface area contributed by atoms with Gasteiger partial charge < -0.3 is 4.29 Å². The summed E-state index contributed by atoms with van der Waals surface area (Å²) in [5.74, 6) is -0.839. The third kappa shape index (κ3) is 1.91. The van der Waals surface area contributed by atoms with E-state index in [-0.39, 0.29) is 16.9 Å². The molecule has 0 bridgehead atoms. The molecular weight excluding hydrogens is 212 g/mol. The molecular formula is C7H3ClN2O4. The van der Waals surface area contributed by atoms with E-state index in [1.54, 1.807) is 0 Å². The van der Waals surface area contributed by atoms with Crippen molar-refractivity contribution in [2.45, 2.75) is 0 Å². The summed E-state index contributed by atoms with van der Waals surface area (Å²) in [5, 5.41) is 5.06. The van der Waals surface area contributed by atoms with Crippen LogP contribution < -0.4 is 0 Å². The first-order valence-corrected chi connectivity index (χ1v) is 3.67. The van der Waals surface area contributed by atoms with Crippen molar-refractivity contribution in [1.29, 1.82) is 0 Å². The largest absolute Gasteiger partial charge is 0.356 e.